The van der Waals surface area contributed by atoms with Crippen molar-refractivity contribution in [1.29, 1.82) is 0 Å². The van der Waals surface area contributed by atoms with Crippen molar-refractivity contribution in [2.24, 2.45) is 0 Å². The number of sulfone groups is 1. The Bertz CT molecular complexity index is 375. The van der Waals surface area contributed by atoms with Crippen LogP contribution in [0.4, 0.5) is 4.39 Å². The summed E-state index contributed by atoms with van der Waals surface area (Å²) >= 11 is 5.54. The highest BCUT2D eigenvalue weighted by Crippen LogP contribution is 2.21. The number of benzene rings is 1. The van der Waals surface area contributed by atoms with Crippen LogP contribution in [-0.2, 0) is 9.84 Å². The minimum atomic E-state index is -3.83. The molecule has 1 aromatic carbocycles. The van der Waals surface area contributed by atoms with Crippen LogP contribution in [0.3, 0.4) is 0 Å². The van der Waals surface area contributed by atoms with Crippen LogP contribution in [0, 0.1) is 0 Å². The third kappa shape index (κ3) is 1.76. The molecule has 0 bridgehead atoms. The standard InChI is InChI=1S/C7H6ClFO2S/c8-6-3-1-2-4-7(6)12(10,11)5-9/h1-4H,5H2. The van der Waals surface area contributed by atoms with E-state index >= 15 is 0 Å². The Morgan fingerprint density at radius 1 is 1.33 bits per heavy atom. The Kier molecular flexibility index (Phi) is 2.69. The number of alkyl halides is 1. The molecular formula is C7H6ClFO2S. The molecule has 0 aliphatic carbocycles. The monoisotopic (exact) mass is 208 g/mol. The fourth-order valence-electron chi connectivity index (χ4n) is 0.756. The highest BCUT2D eigenvalue weighted by atomic mass is 35.5. The maximum absolute atomic E-state index is 12.0. The van der Waals surface area contributed by atoms with Crippen molar-refractivity contribution in [3.8, 4) is 0 Å². The molecule has 0 fully saturated rings. The van der Waals surface area contributed by atoms with E-state index < -0.39 is 15.8 Å². The van der Waals surface area contributed by atoms with Crippen molar-refractivity contribution in [3.63, 3.8) is 0 Å². The first-order chi connectivity index (χ1) is 5.58. The van der Waals surface area contributed by atoms with Gasteiger partial charge in [0.25, 0.3) is 0 Å². The third-order valence-corrected chi connectivity index (χ3v) is 3.07. The first kappa shape index (κ1) is 9.48. The van der Waals surface area contributed by atoms with Gasteiger partial charge in [-0.25, -0.2) is 12.8 Å². The second-order valence-electron chi connectivity index (χ2n) is 2.15. The van der Waals surface area contributed by atoms with Gasteiger partial charge in [-0.2, -0.15) is 0 Å². The van der Waals surface area contributed by atoms with Gasteiger partial charge in [0.15, 0.2) is 6.01 Å². The van der Waals surface area contributed by atoms with Crippen molar-refractivity contribution < 1.29 is 12.8 Å². The lowest BCUT2D eigenvalue weighted by Gasteiger charge is -2.00. The molecule has 0 aromatic heterocycles. The maximum atomic E-state index is 12.0. The lowest BCUT2D eigenvalue weighted by atomic mass is 10.4. The zero-order chi connectivity index (χ0) is 9.19. The first-order valence-electron chi connectivity index (χ1n) is 3.11. The topological polar surface area (TPSA) is 34.1 Å². The van der Waals surface area contributed by atoms with Crippen LogP contribution in [0.5, 0.6) is 0 Å². The molecular weight excluding hydrogens is 203 g/mol. The molecule has 0 saturated carbocycles. The van der Waals surface area contributed by atoms with E-state index in [-0.39, 0.29) is 9.92 Å². The molecule has 0 spiro atoms. The van der Waals surface area contributed by atoms with Crippen LogP contribution in [0.1, 0.15) is 0 Å². The van der Waals surface area contributed by atoms with Crippen molar-refractivity contribution in [3.05, 3.63) is 29.3 Å². The fraction of sp³-hybridized carbons (Fsp3) is 0.143. The van der Waals surface area contributed by atoms with Crippen molar-refractivity contribution in [2.75, 3.05) is 6.01 Å². The summed E-state index contributed by atoms with van der Waals surface area (Å²) in [4.78, 5) is -0.158. The molecule has 0 aliphatic heterocycles. The highest BCUT2D eigenvalue weighted by Gasteiger charge is 2.16. The molecule has 5 heteroatoms. The molecule has 0 aliphatic rings. The fourth-order valence-corrected chi connectivity index (χ4v) is 2.01. The number of hydrogen-bond acceptors (Lipinski definition) is 2. The van der Waals surface area contributed by atoms with Crippen LogP contribution < -0.4 is 0 Å². The van der Waals surface area contributed by atoms with E-state index in [0.717, 1.165) is 0 Å². The van der Waals surface area contributed by atoms with Crippen molar-refractivity contribution >= 4 is 21.4 Å². The second kappa shape index (κ2) is 3.41. The Balaban J connectivity index is 3.30. The number of rotatable bonds is 2. The average Bonchev–Trinajstić information content (AvgIpc) is 2.05. The van der Waals surface area contributed by atoms with Gasteiger partial charge in [0.05, 0.1) is 9.92 Å². The molecule has 0 radical (unpaired) electrons. The average molecular weight is 209 g/mol. The number of halogens is 2. The van der Waals surface area contributed by atoms with Gasteiger partial charge in [0, 0.05) is 0 Å². The maximum Gasteiger partial charge on any atom is 0.208 e. The smallest absolute Gasteiger partial charge is 0.208 e. The molecule has 0 unspecified atom stereocenters. The van der Waals surface area contributed by atoms with Crippen LogP contribution in [-0.4, -0.2) is 14.4 Å². The zero-order valence-electron chi connectivity index (χ0n) is 6.00. The van der Waals surface area contributed by atoms with Crippen LogP contribution in [0.2, 0.25) is 5.02 Å². The Labute approximate surface area is 74.9 Å². The van der Waals surface area contributed by atoms with Crippen LogP contribution in [0.25, 0.3) is 0 Å². The first-order valence-corrected chi connectivity index (χ1v) is 5.14. The summed E-state index contributed by atoms with van der Waals surface area (Å²) in [6.45, 7) is 0. The Hall–Kier alpha value is -0.610. The third-order valence-electron chi connectivity index (χ3n) is 1.32. The summed E-state index contributed by atoms with van der Waals surface area (Å²) < 4.78 is 33.9. The summed E-state index contributed by atoms with van der Waals surface area (Å²) in [5, 5.41) is 0.0511. The molecule has 0 heterocycles. The van der Waals surface area contributed by atoms with Gasteiger partial charge in [0.1, 0.15) is 0 Å². The molecule has 0 saturated heterocycles. The summed E-state index contributed by atoms with van der Waals surface area (Å²) in [7, 11) is -3.83. The largest absolute Gasteiger partial charge is 0.233 e. The molecule has 1 rings (SSSR count). The van der Waals surface area contributed by atoms with Gasteiger partial charge in [-0.1, -0.05) is 23.7 Å². The lowest BCUT2D eigenvalue weighted by Crippen LogP contribution is -2.02. The van der Waals surface area contributed by atoms with Gasteiger partial charge >= 0.3 is 0 Å². The van der Waals surface area contributed by atoms with Gasteiger partial charge in [-0.05, 0) is 12.1 Å². The molecule has 2 nitrogen and oxygen atoms in total. The zero-order valence-corrected chi connectivity index (χ0v) is 7.57. The van der Waals surface area contributed by atoms with E-state index in [1.807, 2.05) is 0 Å². The molecule has 0 atom stereocenters. The SMILES string of the molecule is O=S(=O)(CF)c1ccccc1Cl. The molecule has 0 N–H and O–H groups in total. The minimum absolute atomic E-state index is 0.0511. The van der Waals surface area contributed by atoms with Gasteiger partial charge in [-0.15, -0.1) is 0 Å². The van der Waals surface area contributed by atoms with E-state index in [0.29, 0.717) is 0 Å². The normalized spacial score (nSPS) is 11.5. The summed E-state index contributed by atoms with van der Waals surface area (Å²) in [6, 6.07) is 4.34. The number of hydrogen-bond donors (Lipinski definition) is 0. The van der Waals surface area contributed by atoms with Gasteiger partial charge in [0.2, 0.25) is 9.84 Å². The molecule has 1 aromatic rings. The Morgan fingerprint density at radius 2 is 1.92 bits per heavy atom. The predicted molar refractivity (Wildman–Crippen MR) is 44.6 cm³/mol. The van der Waals surface area contributed by atoms with E-state index in [1.165, 1.54) is 18.2 Å². The van der Waals surface area contributed by atoms with Gasteiger partial charge in [-0.3, -0.25) is 0 Å². The van der Waals surface area contributed by atoms with E-state index in [4.69, 9.17) is 11.6 Å². The highest BCUT2D eigenvalue weighted by molar-refractivity contribution is 7.91. The summed E-state index contributed by atoms with van der Waals surface area (Å²) in [6.07, 6.45) is 0. The molecule has 12 heavy (non-hydrogen) atoms. The predicted octanol–water partition coefficient (Wildman–Crippen LogP) is 2.04. The minimum Gasteiger partial charge on any atom is -0.233 e. The van der Waals surface area contributed by atoms with Crippen LogP contribution >= 0.6 is 11.6 Å². The quantitative estimate of drug-likeness (QED) is 0.746. The second-order valence-corrected chi connectivity index (χ2v) is 4.45. The van der Waals surface area contributed by atoms with Gasteiger partial charge < -0.3 is 0 Å². The summed E-state index contributed by atoms with van der Waals surface area (Å²) in [5.74, 6) is 0. The van der Waals surface area contributed by atoms with Crippen molar-refractivity contribution in [1.82, 2.24) is 0 Å². The van der Waals surface area contributed by atoms with E-state index in [2.05, 4.69) is 0 Å². The Morgan fingerprint density at radius 3 is 2.42 bits per heavy atom. The van der Waals surface area contributed by atoms with Crippen molar-refractivity contribution in [2.45, 2.75) is 4.90 Å². The van der Waals surface area contributed by atoms with E-state index in [9.17, 15) is 12.8 Å². The molecule has 66 valence electrons. The lowest BCUT2D eigenvalue weighted by molar-refractivity contribution is 0.534. The van der Waals surface area contributed by atoms with E-state index in [1.54, 1.807) is 6.07 Å². The summed E-state index contributed by atoms with van der Waals surface area (Å²) in [5.41, 5.74) is 0. The van der Waals surface area contributed by atoms with Crippen LogP contribution in [0.15, 0.2) is 29.2 Å². The molecule has 0 amide bonds.